The summed E-state index contributed by atoms with van der Waals surface area (Å²) in [6.07, 6.45) is 1.57. The molecule has 104 valence electrons. The Morgan fingerprint density at radius 1 is 0.545 bits per heavy atom. The Hall–Kier alpha value is -3.07. The molecule has 0 amide bonds. The Labute approximate surface area is 128 Å². The van der Waals surface area contributed by atoms with E-state index < -0.39 is 0 Å². The second kappa shape index (κ2) is 5.37. The fraction of sp³-hybridized carbons (Fsp3) is 0. The first-order valence-electron chi connectivity index (χ1n) is 7.14. The fourth-order valence-corrected chi connectivity index (χ4v) is 2.49. The van der Waals surface area contributed by atoms with Gasteiger partial charge in [-0.2, -0.15) is 0 Å². The Morgan fingerprint density at radius 3 is 2.05 bits per heavy atom. The molecule has 0 radical (unpaired) electrons. The average molecular weight is 283 g/mol. The maximum Gasteiger partial charge on any atom is 0.163 e. The highest BCUT2D eigenvalue weighted by molar-refractivity contribution is 5.86. The molecule has 1 heterocycles. The summed E-state index contributed by atoms with van der Waals surface area (Å²) in [6, 6.07) is 24.5. The van der Waals surface area contributed by atoms with Gasteiger partial charge in [0.15, 0.2) is 11.6 Å². The number of hydrogen-bond donors (Lipinski definition) is 0. The molecule has 3 aromatic carbocycles. The van der Waals surface area contributed by atoms with Crippen molar-refractivity contribution < 1.29 is 0 Å². The van der Waals surface area contributed by atoms with Gasteiger partial charge in [-0.3, -0.25) is 0 Å². The molecule has 0 unspecified atom stereocenters. The molecule has 0 N–H and O–H groups in total. The minimum atomic E-state index is 0.693. The lowest BCUT2D eigenvalue weighted by atomic mass is 10.1. The maximum atomic E-state index is 4.60. The summed E-state index contributed by atoms with van der Waals surface area (Å²) in [4.78, 5) is 13.2. The predicted molar refractivity (Wildman–Crippen MR) is 88.2 cm³/mol. The molecule has 22 heavy (non-hydrogen) atoms. The van der Waals surface area contributed by atoms with Crippen LogP contribution in [0.2, 0.25) is 0 Å². The third kappa shape index (κ3) is 2.33. The molecule has 4 aromatic rings. The van der Waals surface area contributed by atoms with Gasteiger partial charge in [0.05, 0.1) is 0 Å². The summed E-state index contributed by atoms with van der Waals surface area (Å²) >= 11 is 0. The summed E-state index contributed by atoms with van der Waals surface area (Å²) < 4.78 is 0. The Balaban J connectivity index is 1.81. The van der Waals surface area contributed by atoms with Gasteiger partial charge < -0.3 is 0 Å². The van der Waals surface area contributed by atoms with Crippen LogP contribution in [0.1, 0.15) is 0 Å². The average Bonchev–Trinajstić information content (AvgIpc) is 2.62. The third-order valence-corrected chi connectivity index (χ3v) is 3.61. The number of aromatic nitrogens is 3. The molecule has 0 fully saturated rings. The standard InChI is InChI=1S/C19H13N3/c1-2-7-15(8-3-1)18-20-13-21-19(22-18)17-11-10-14-6-4-5-9-16(14)12-17/h1-13H. The van der Waals surface area contributed by atoms with Crippen molar-refractivity contribution in [3.8, 4) is 22.8 Å². The first-order valence-corrected chi connectivity index (χ1v) is 7.14. The topological polar surface area (TPSA) is 38.7 Å². The van der Waals surface area contributed by atoms with E-state index in [9.17, 15) is 0 Å². The fourth-order valence-electron chi connectivity index (χ4n) is 2.49. The molecular weight excluding hydrogens is 270 g/mol. The summed E-state index contributed by atoms with van der Waals surface area (Å²) in [7, 11) is 0. The summed E-state index contributed by atoms with van der Waals surface area (Å²) in [5.74, 6) is 1.39. The van der Waals surface area contributed by atoms with Crippen molar-refractivity contribution in [3.05, 3.63) is 79.1 Å². The highest BCUT2D eigenvalue weighted by atomic mass is 15.0. The Kier molecular flexibility index (Phi) is 3.09. The highest BCUT2D eigenvalue weighted by Gasteiger charge is 2.06. The first kappa shape index (κ1) is 12.7. The Bertz CT molecular complexity index is 933. The lowest BCUT2D eigenvalue weighted by Gasteiger charge is -2.04. The molecule has 0 spiro atoms. The van der Waals surface area contributed by atoms with E-state index in [4.69, 9.17) is 0 Å². The van der Waals surface area contributed by atoms with Crippen LogP contribution in [0.5, 0.6) is 0 Å². The van der Waals surface area contributed by atoms with Crippen molar-refractivity contribution in [2.45, 2.75) is 0 Å². The summed E-state index contributed by atoms with van der Waals surface area (Å²) in [5, 5.41) is 2.39. The van der Waals surface area contributed by atoms with Crippen LogP contribution in [0, 0.1) is 0 Å². The molecule has 0 aliphatic rings. The van der Waals surface area contributed by atoms with Gasteiger partial charge in [0, 0.05) is 11.1 Å². The van der Waals surface area contributed by atoms with Gasteiger partial charge in [-0.15, -0.1) is 0 Å². The summed E-state index contributed by atoms with van der Waals surface area (Å²) in [6.45, 7) is 0. The molecule has 0 saturated heterocycles. The van der Waals surface area contributed by atoms with Crippen LogP contribution in [-0.2, 0) is 0 Å². The molecule has 0 atom stereocenters. The highest BCUT2D eigenvalue weighted by Crippen LogP contribution is 2.23. The molecule has 4 rings (SSSR count). The van der Waals surface area contributed by atoms with Gasteiger partial charge in [0.2, 0.25) is 0 Å². The van der Waals surface area contributed by atoms with E-state index in [0.29, 0.717) is 11.6 Å². The molecule has 3 heteroatoms. The normalized spacial score (nSPS) is 10.7. The lowest BCUT2D eigenvalue weighted by molar-refractivity contribution is 1.07. The number of rotatable bonds is 2. The second-order valence-electron chi connectivity index (χ2n) is 5.06. The maximum absolute atomic E-state index is 4.60. The largest absolute Gasteiger partial charge is 0.217 e. The van der Waals surface area contributed by atoms with Crippen molar-refractivity contribution >= 4 is 10.8 Å². The van der Waals surface area contributed by atoms with Crippen molar-refractivity contribution in [2.75, 3.05) is 0 Å². The van der Waals surface area contributed by atoms with Crippen molar-refractivity contribution in [1.29, 1.82) is 0 Å². The minimum Gasteiger partial charge on any atom is -0.217 e. The second-order valence-corrected chi connectivity index (χ2v) is 5.06. The number of benzene rings is 3. The molecule has 0 bridgehead atoms. The molecule has 3 nitrogen and oxygen atoms in total. The monoisotopic (exact) mass is 283 g/mol. The number of fused-ring (bicyclic) bond motifs is 1. The molecule has 0 saturated carbocycles. The first-order chi connectivity index (χ1) is 10.9. The van der Waals surface area contributed by atoms with Gasteiger partial charge in [-0.1, -0.05) is 66.7 Å². The van der Waals surface area contributed by atoms with E-state index in [0.717, 1.165) is 11.1 Å². The zero-order chi connectivity index (χ0) is 14.8. The van der Waals surface area contributed by atoms with Crippen LogP contribution < -0.4 is 0 Å². The zero-order valence-corrected chi connectivity index (χ0v) is 11.8. The van der Waals surface area contributed by atoms with Gasteiger partial charge in [0.25, 0.3) is 0 Å². The number of nitrogens with zero attached hydrogens (tertiary/aromatic N) is 3. The van der Waals surface area contributed by atoms with E-state index in [1.54, 1.807) is 6.33 Å². The van der Waals surface area contributed by atoms with E-state index in [-0.39, 0.29) is 0 Å². The van der Waals surface area contributed by atoms with Crippen LogP contribution in [0.4, 0.5) is 0 Å². The third-order valence-electron chi connectivity index (χ3n) is 3.61. The zero-order valence-electron chi connectivity index (χ0n) is 11.8. The van der Waals surface area contributed by atoms with Crippen LogP contribution in [0.3, 0.4) is 0 Å². The smallest absolute Gasteiger partial charge is 0.163 e. The van der Waals surface area contributed by atoms with Gasteiger partial charge in [-0.25, -0.2) is 15.0 Å². The number of hydrogen-bond acceptors (Lipinski definition) is 3. The van der Waals surface area contributed by atoms with Gasteiger partial charge in [-0.05, 0) is 16.8 Å². The molecule has 0 aliphatic heterocycles. The van der Waals surface area contributed by atoms with Crippen molar-refractivity contribution in [1.82, 2.24) is 15.0 Å². The van der Waals surface area contributed by atoms with E-state index in [1.807, 2.05) is 48.5 Å². The van der Waals surface area contributed by atoms with Crippen LogP contribution >= 0.6 is 0 Å². The van der Waals surface area contributed by atoms with Gasteiger partial charge in [0.1, 0.15) is 6.33 Å². The van der Waals surface area contributed by atoms with Crippen LogP contribution in [0.15, 0.2) is 79.1 Å². The van der Waals surface area contributed by atoms with Gasteiger partial charge >= 0.3 is 0 Å². The lowest BCUT2D eigenvalue weighted by Crippen LogP contribution is -1.95. The van der Waals surface area contributed by atoms with Crippen molar-refractivity contribution in [3.63, 3.8) is 0 Å². The SMILES string of the molecule is c1ccc(-c2ncnc(-c3ccc4ccccc4c3)n2)cc1. The predicted octanol–water partition coefficient (Wildman–Crippen LogP) is 4.36. The molecular formula is C19H13N3. The van der Waals surface area contributed by atoms with E-state index >= 15 is 0 Å². The van der Waals surface area contributed by atoms with E-state index in [2.05, 4.69) is 39.2 Å². The van der Waals surface area contributed by atoms with Crippen LogP contribution in [-0.4, -0.2) is 15.0 Å². The Morgan fingerprint density at radius 2 is 1.23 bits per heavy atom. The molecule has 1 aromatic heterocycles. The van der Waals surface area contributed by atoms with Crippen molar-refractivity contribution in [2.24, 2.45) is 0 Å². The van der Waals surface area contributed by atoms with E-state index in [1.165, 1.54) is 10.8 Å². The quantitative estimate of drug-likeness (QED) is 0.548. The van der Waals surface area contributed by atoms with Crippen LogP contribution in [0.25, 0.3) is 33.5 Å². The molecule has 0 aliphatic carbocycles. The minimum absolute atomic E-state index is 0.693. The summed E-state index contributed by atoms with van der Waals surface area (Å²) in [5.41, 5.74) is 1.99.